The molecule has 35 heavy (non-hydrogen) atoms. The van der Waals surface area contributed by atoms with Crippen LogP contribution in [0.4, 0.5) is 35.1 Å². The second-order valence-electron chi connectivity index (χ2n) is 7.45. The maximum atomic E-state index is 14.3. The predicted molar refractivity (Wildman–Crippen MR) is 110 cm³/mol. The molecule has 2 aromatic carbocycles. The summed E-state index contributed by atoms with van der Waals surface area (Å²) in [6.45, 7) is -3.60. The lowest BCUT2D eigenvalue weighted by molar-refractivity contribution is -0.276. The van der Waals surface area contributed by atoms with Crippen LogP contribution in [0.1, 0.15) is 33.5 Å². The Labute approximate surface area is 201 Å². The van der Waals surface area contributed by atoms with Gasteiger partial charge in [0.15, 0.2) is 0 Å². The van der Waals surface area contributed by atoms with E-state index in [1.54, 1.807) is 5.32 Å². The van der Waals surface area contributed by atoms with Gasteiger partial charge in [-0.05, 0) is 52.2 Å². The highest BCUT2D eigenvalue weighted by atomic mass is 79.9. The van der Waals surface area contributed by atoms with Gasteiger partial charge in [0, 0.05) is 5.56 Å². The van der Waals surface area contributed by atoms with Crippen LogP contribution in [0.3, 0.4) is 0 Å². The second-order valence-corrected chi connectivity index (χ2v) is 8.31. The van der Waals surface area contributed by atoms with Crippen molar-refractivity contribution in [2.24, 2.45) is 5.16 Å². The summed E-state index contributed by atoms with van der Waals surface area (Å²) >= 11 is 2.90. The maximum Gasteiger partial charge on any atom is 0.435 e. The summed E-state index contributed by atoms with van der Waals surface area (Å²) in [5, 5.41) is 5.23. The van der Waals surface area contributed by atoms with Crippen molar-refractivity contribution < 1.29 is 49.5 Å². The number of rotatable bonds is 6. The van der Waals surface area contributed by atoms with Gasteiger partial charge < -0.3 is 14.9 Å². The van der Waals surface area contributed by atoms with Crippen LogP contribution in [0, 0.1) is 6.92 Å². The van der Waals surface area contributed by atoms with E-state index in [2.05, 4.69) is 25.8 Å². The largest absolute Gasteiger partial charge is 0.435 e. The number of amides is 1. The summed E-state index contributed by atoms with van der Waals surface area (Å²) in [4.78, 5) is 16.9. The molecule has 190 valence electrons. The van der Waals surface area contributed by atoms with E-state index in [4.69, 9.17) is 4.84 Å². The number of ether oxygens (including phenoxy) is 1. The van der Waals surface area contributed by atoms with Crippen LogP contribution in [-0.2, 0) is 10.4 Å². The molecule has 0 fully saturated rings. The Morgan fingerprint density at radius 2 is 1.89 bits per heavy atom. The Balaban J connectivity index is 1.94. The molecule has 1 amide bonds. The predicted octanol–water partition coefficient (Wildman–Crippen LogP) is 6.23. The van der Waals surface area contributed by atoms with Gasteiger partial charge >= 0.3 is 19.0 Å². The van der Waals surface area contributed by atoms with Gasteiger partial charge in [0.25, 0.3) is 11.5 Å². The van der Waals surface area contributed by atoms with Crippen LogP contribution < -0.4 is 10.1 Å². The number of aryl methyl sites for hydroxylation is 1. The summed E-state index contributed by atoms with van der Waals surface area (Å²) in [7, 11) is 0. The smallest absolute Gasteiger partial charge is 0.433 e. The van der Waals surface area contributed by atoms with Crippen molar-refractivity contribution >= 4 is 27.5 Å². The summed E-state index contributed by atoms with van der Waals surface area (Å²) in [6.07, 6.45) is -10.7. The molecule has 0 radical (unpaired) electrons. The lowest BCUT2D eigenvalue weighted by Gasteiger charge is -2.31. The molecule has 1 aliphatic rings. The Morgan fingerprint density at radius 1 is 1.20 bits per heavy atom. The van der Waals surface area contributed by atoms with Crippen molar-refractivity contribution in [1.82, 2.24) is 5.32 Å². The fraction of sp³-hybridized carbons (Fsp3) is 0.333. The monoisotopic (exact) mass is 574 g/mol. The number of halogens is 9. The van der Waals surface area contributed by atoms with Crippen molar-refractivity contribution in [2.75, 3.05) is 6.54 Å². The van der Waals surface area contributed by atoms with Gasteiger partial charge in [0.05, 0.1) is 22.2 Å². The average molecular weight is 575 g/mol. The molecule has 0 spiro atoms. The topological polar surface area (TPSA) is 59.9 Å². The summed E-state index contributed by atoms with van der Waals surface area (Å²) in [6, 6.07) is 6.92. The molecule has 1 N–H and O–H groups in total. The lowest BCUT2D eigenvalue weighted by Crippen LogP contribution is -2.43. The van der Waals surface area contributed by atoms with Crippen LogP contribution >= 0.6 is 15.9 Å². The fourth-order valence-electron chi connectivity index (χ4n) is 3.45. The standard InChI is InChI=1S/C21H15BrF8N2O3/c1-10-7-11(5-6-12(10)17(33)31-9-20(25,26)27)15-8-19(35-32-15,21(28,29)30)13-3-2-4-14(22)16(13)34-18(23)24/h2-7,18H,8-9H2,1H3,(H,31,33). The number of oxime groups is 1. The molecule has 1 heterocycles. The third-order valence-electron chi connectivity index (χ3n) is 5.05. The molecule has 0 aromatic heterocycles. The van der Waals surface area contributed by atoms with Crippen LogP contribution in [-0.4, -0.2) is 37.1 Å². The number of nitrogens with zero attached hydrogens (tertiary/aromatic N) is 1. The zero-order valence-corrected chi connectivity index (χ0v) is 19.1. The van der Waals surface area contributed by atoms with E-state index < -0.39 is 54.8 Å². The first-order valence-corrected chi connectivity index (χ1v) is 10.5. The van der Waals surface area contributed by atoms with Crippen LogP contribution in [0.25, 0.3) is 0 Å². The van der Waals surface area contributed by atoms with Gasteiger partial charge in [-0.2, -0.15) is 35.1 Å². The molecule has 0 aliphatic carbocycles. The molecule has 1 unspecified atom stereocenters. The molecule has 14 heteroatoms. The maximum absolute atomic E-state index is 14.3. The van der Waals surface area contributed by atoms with Crippen molar-refractivity contribution in [2.45, 2.75) is 37.9 Å². The molecule has 0 bridgehead atoms. The average Bonchev–Trinajstić information content (AvgIpc) is 3.19. The lowest BCUT2D eigenvalue weighted by atomic mass is 9.85. The molecule has 3 rings (SSSR count). The van der Waals surface area contributed by atoms with Gasteiger partial charge in [-0.25, -0.2) is 0 Å². The van der Waals surface area contributed by atoms with E-state index in [0.29, 0.717) is 0 Å². The van der Waals surface area contributed by atoms with Gasteiger partial charge in [0.1, 0.15) is 12.3 Å². The number of benzene rings is 2. The summed E-state index contributed by atoms with van der Waals surface area (Å²) in [5.41, 5.74) is -3.99. The van der Waals surface area contributed by atoms with Crippen molar-refractivity contribution in [3.63, 3.8) is 0 Å². The van der Waals surface area contributed by atoms with E-state index in [-0.39, 0.29) is 26.9 Å². The number of carbonyl (C=O) groups excluding carboxylic acids is 1. The molecular formula is C21H15BrF8N2O3. The first-order chi connectivity index (χ1) is 16.1. The fourth-order valence-corrected chi connectivity index (χ4v) is 3.91. The highest BCUT2D eigenvalue weighted by molar-refractivity contribution is 9.10. The zero-order chi connectivity index (χ0) is 26.2. The van der Waals surface area contributed by atoms with Crippen molar-refractivity contribution in [3.8, 4) is 5.75 Å². The Hall–Kier alpha value is -2.90. The Kier molecular flexibility index (Phi) is 7.34. The number of hydrogen-bond donors (Lipinski definition) is 1. The van der Waals surface area contributed by atoms with Crippen LogP contribution in [0.5, 0.6) is 5.75 Å². The highest BCUT2D eigenvalue weighted by Crippen LogP contribution is 2.52. The number of para-hydroxylation sites is 1. The summed E-state index contributed by atoms with van der Waals surface area (Å²) < 4.78 is 110. The first kappa shape index (κ1) is 26.7. The molecule has 2 aromatic rings. The molecule has 0 saturated heterocycles. The van der Waals surface area contributed by atoms with E-state index in [9.17, 15) is 39.9 Å². The zero-order valence-electron chi connectivity index (χ0n) is 17.5. The molecule has 1 atom stereocenters. The minimum absolute atomic E-state index is 0.0901. The minimum Gasteiger partial charge on any atom is -0.433 e. The highest BCUT2D eigenvalue weighted by Gasteiger charge is 2.63. The van der Waals surface area contributed by atoms with Crippen LogP contribution in [0.15, 0.2) is 46.0 Å². The normalized spacial score (nSPS) is 18.3. The molecule has 5 nitrogen and oxygen atoms in total. The van der Waals surface area contributed by atoms with Gasteiger partial charge in [-0.3, -0.25) is 4.79 Å². The third kappa shape index (κ3) is 5.68. The number of alkyl halides is 8. The molecule has 0 saturated carbocycles. The van der Waals surface area contributed by atoms with E-state index in [1.165, 1.54) is 31.2 Å². The molecular weight excluding hydrogens is 560 g/mol. The van der Waals surface area contributed by atoms with Crippen molar-refractivity contribution in [1.29, 1.82) is 0 Å². The van der Waals surface area contributed by atoms with Crippen molar-refractivity contribution in [3.05, 3.63) is 63.1 Å². The second kappa shape index (κ2) is 9.63. The SMILES string of the molecule is Cc1cc(C2=NOC(c3cccc(Br)c3OC(F)F)(C(F)(F)F)C2)ccc1C(=O)NCC(F)(F)F. The Bertz CT molecular complexity index is 1150. The van der Waals surface area contributed by atoms with E-state index in [0.717, 1.165) is 12.1 Å². The van der Waals surface area contributed by atoms with Gasteiger partial charge in [-0.1, -0.05) is 23.4 Å². The third-order valence-corrected chi connectivity index (χ3v) is 5.67. The first-order valence-electron chi connectivity index (χ1n) is 9.66. The molecule has 1 aliphatic heterocycles. The minimum atomic E-state index is -5.12. The number of carbonyl (C=O) groups is 1. The number of nitrogens with one attached hydrogen (secondary N) is 1. The van der Waals surface area contributed by atoms with E-state index >= 15 is 0 Å². The quantitative estimate of drug-likeness (QED) is 0.416. The number of hydrogen-bond acceptors (Lipinski definition) is 4. The summed E-state index contributed by atoms with van der Waals surface area (Å²) in [5.74, 6) is -1.80. The van der Waals surface area contributed by atoms with Crippen LogP contribution in [0.2, 0.25) is 0 Å². The van der Waals surface area contributed by atoms with Gasteiger partial charge in [-0.15, -0.1) is 0 Å². The van der Waals surface area contributed by atoms with Gasteiger partial charge in [0.2, 0.25) is 0 Å². The Morgan fingerprint density at radius 3 is 2.46 bits per heavy atom. The van der Waals surface area contributed by atoms with E-state index in [1.807, 2.05) is 0 Å².